The molecule has 0 bridgehead atoms. The van der Waals surface area contributed by atoms with Crippen LogP contribution in [0.2, 0.25) is 0 Å². The molecule has 6 nitrogen and oxygen atoms in total. The molecule has 0 aliphatic heterocycles. The molecule has 0 unspecified atom stereocenters. The molecule has 100 valence electrons. The molecule has 0 saturated carbocycles. The minimum atomic E-state index is -3.48. The van der Waals surface area contributed by atoms with Gasteiger partial charge in [0.25, 0.3) is 0 Å². The highest BCUT2D eigenvalue weighted by Crippen LogP contribution is 2.11. The third-order valence-corrected chi connectivity index (χ3v) is 3.15. The average molecular weight is 278 g/mol. The first-order valence-corrected chi connectivity index (χ1v) is 7.33. The van der Waals surface area contributed by atoms with E-state index in [0.29, 0.717) is 12.1 Å². The van der Waals surface area contributed by atoms with Crippen LogP contribution in [0.25, 0.3) is 0 Å². The molecule has 0 saturated heterocycles. The quantitative estimate of drug-likeness (QED) is 0.846. The van der Waals surface area contributed by atoms with Gasteiger partial charge in [0, 0.05) is 18.1 Å². The third-order valence-electron chi connectivity index (χ3n) is 2.41. The van der Waals surface area contributed by atoms with E-state index in [1.54, 1.807) is 42.9 Å². The number of nitrogens with zero attached hydrogens (tertiary/aromatic N) is 2. The number of nitrogens with two attached hydrogens (primary N) is 1. The molecule has 0 amide bonds. The van der Waals surface area contributed by atoms with Gasteiger partial charge < -0.3 is 5.32 Å². The van der Waals surface area contributed by atoms with Gasteiger partial charge in [-0.05, 0) is 17.7 Å². The van der Waals surface area contributed by atoms with E-state index in [9.17, 15) is 8.42 Å². The third kappa shape index (κ3) is 4.65. The molecule has 0 spiro atoms. The lowest BCUT2D eigenvalue weighted by atomic mass is 10.2. The average Bonchev–Trinajstić information content (AvgIpc) is 2.37. The Morgan fingerprint density at radius 3 is 2.47 bits per heavy atom. The van der Waals surface area contributed by atoms with Crippen LogP contribution in [0.3, 0.4) is 0 Å². The summed E-state index contributed by atoms with van der Waals surface area (Å²) >= 11 is 0. The molecule has 3 N–H and O–H groups in total. The van der Waals surface area contributed by atoms with E-state index in [-0.39, 0.29) is 5.75 Å². The van der Waals surface area contributed by atoms with Crippen molar-refractivity contribution in [1.29, 1.82) is 0 Å². The van der Waals surface area contributed by atoms with E-state index < -0.39 is 10.0 Å². The van der Waals surface area contributed by atoms with E-state index in [4.69, 9.17) is 5.14 Å². The maximum Gasteiger partial charge on any atom is 0.213 e. The van der Waals surface area contributed by atoms with Crippen molar-refractivity contribution in [3.63, 3.8) is 0 Å². The van der Waals surface area contributed by atoms with Gasteiger partial charge in [-0.25, -0.2) is 13.6 Å². The van der Waals surface area contributed by atoms with Gasteiger partial charge in [-0.2, -0.15) is 0 Å². The molecule has 0 aliphatic carbocycles. The lowest BCUT2D eigenvalue weighted by Crippen LogP contribution is -2.14. The Kier molecular flexibility index (Phi) is 4.08. The maximum absolute atomic E-state index is 10.9. The zero-order chi connectivity index (χ0) is 13.7. The van der Waals surface area contributed by atoms with Crippen LogP contribution < -0.4 is 10.5 Å². The first-order valence-electron chi connectivity index (χ1n) is 5.61. The fourth-order valence-corrected chi connectivity index (χ4v) is 2.22. The van der Waals surface area contributed by atoms with Gasteiger partial charge in [-0.1, -0.05) is 12.1 Å². The second kappa shape index (κ2) is 5.77. The summed E-state index contributed by atoms with van der Waals surface area (Å²) in [5.41, 5.74) is 2.37. The molecule has 0 atom stereocenters. The number of benzene rings is 1. The van der Waals surface area contributed by atoms with Crippen LogP contribution in [-0.4, -0.2) is 18.4 Å². The molecule has 1 heterocycles. The van der Waals surface area contributed by atoms with Crippen LogP contribution >= 0.6 is 0 Å². The minimum absolute atomic E-state index is 0.155. The van der Waals surface area contributed by atoms with Crippen LogP contribution in [-0.2, 0) is 22.3 Å². The number of aromatic nitrogens is 2. The van der Waals surface area contributed by atoms with Crippen LogP contribution in [0.15, 0.2) is 42.9 Å². The molecule has 1 aromatic carbocycles. The first-order chi connectivity index (χ1) is 9.03. The number of sulfonamides is 1. The first kappa shape index (κ1) is 13.4. The molecular formula is C12H14N4O2S. The molecule has 0 fully saturated rings. The van der Waals surface area contributed by atoms with Crippen LogP contribution in [0.1, 0.15) is 11.3 Å². The number of rotatable bonds is 5. The van der Waals surface area contributed by atoms with Crippen molar-refractivity contribution >= 4 is 15.7 Å². The normalized spacial score (nSPS) is 11.2. The summed E-state index contributed by atoms with van der Waals surface area (Å²) in [5, 5.41) is 8.15. The standard InChI is InChI=1S/C12H14N4O2S/c13-19(17,18)9-10-1-3-11(4-2-10)16-8-12-7-14-5-6-15-12/h1-7,16H,8-9H2,(H2,13,17,18). The van der Waals surface area contributed by atoms with Gasteiger partial charge >= 0.3 is 0 Å². The summed E-state index contributed by atoms with van der Waals surface area (Å²) in [5.74, 6) is -0.155. The van der Waals surface area contributed by atoms with E-state index in [0.717, 1.165) is 11.4 Å². The molecular weight excluding hydrogens is 264 g/mol. The van der Waals surface area contributed by atoms with Crippen molar-refractivity contribution < 1.29 is 8.42 Å². The van der Waals surface area contributed by atoms with Gasteiger partial charge in [-0.15, -0.1) is 0 Å². The highest BCUT2D eigenvalue weighted by molar-refractivity contribution is 7.88. The van der Waals surface area contributed by atoms with Crippen molar-refractivity contribution in [2.24, 2.45) is 5.14 Å². The van der Waals surface area contributed by atoms with Gasteiger partial charge in [0.2, 0.25) is 10.0 Å². The maximum atomic E-state index is 10.9. The van der Waals surface area contributed by atoms with Crippen molar-refractivity contribution in [3.8, 4) is 0 Å². The van der Waals surface area contributed by atoms with Crippen molar-refractivity contribution in [2.45, 2.75) is 12.3 Å². The SMILES string of the molecule is NS(=O)(=O)Cc1ccc(NCc2cnccn2)cc1. The second-order valence-corrected chi connectivity index (χ2v) is 5.67. The molecule has 0 radical (unpaired) electrons. The Hall–Kier alpha value is -1.99. The number of hydrogen-bond donors (Lipinski definition) is 2. The van der Waals surface area contributed by atoms with Crippen molar-refractivity contribution in [3.05, 3.63) is 54.1 Å². The molecule has 0 aliphatic rings. The summed E-state index contributed by atoms with van der Waals surface area (Å²) in [6.45, 7) is 0.558. The highest BCUT2D eigenvalue weighted by Gasteiger charge is 2.04. The van der Waals surface area contributed by atoms with Gasteiger partial charge in [0.05, 0.1) is 24.2 Å². The highest BCUT2D eigenvalue weighted by atomic mass is 32.2. The van der Waals surface area contributed by atoms with Crippen molar-refractivity contribution in [1.82, 2.24) is 9.97 Å². The number of primary sulfonamides is 1. The summed E-state index contributed by atoms with van der Waals surface area (Å²) in [4.78, 5) is 8.11. The van der Waals surface area contributed by atoms with E-state index >= 15 is 0 Å². The molecule has 2 aromatic rings. The number of hydrogen-bond acceptors (Lipinski definition) is 5. The van der Waals surface area contributed by atoms with Crippen molar-refractivity contribution in [2.75, 3.05) is 5.32 Å². The van der Waals surface area contributed by atoms with Gasteiger partial charge in [-0.3, -0.25) is 9.97 Å². The largest absolute Gasteiger partial charge is 0.379 e. The smallest absolute Gasteiger partial charge is 0.213 e. The lowest BCUT2D eigenvalue weighted by molar-refractivity contribution is 0.597. The monoisotopic (exact) mass is 278 g/mol. The Bertz CT molecular complexity index is 627. The minimum Gasteiger partial charge on any atom is -0.379 e. The molecule has 7 heteroatoms. The summed E-state index contributed by atoms with van der Waals surface area (Å²) < 4.78 is 21.9. The molecule has 19 heavy (non-hydrogen) atoms. The number of nitrogens with one attached hydrogen (secondary N) is 1. The Morgan fingerprint density at radius 1 is 1.16 bits per heavy atom. The zero-order valence-corrected chi connectivity index (χ0v) is 11.0. The second-order valence-electron chi connectivity index (χ2n) is 4.05. The van der Waals surface area contributed by atoms with Gasteiger partial charge in [0.15, 0.2) is 0 Å². The van der Waals surface area contributed by atoms with E-state index in [1.807, 2.05) is 0 Å². The topological polar surface area (TPSA) is 98.0 Å². The van der Waals surface area contributed by atoms with Crippen LogP contribution in [0, 0.1) is 0 Å². The van der Waals surface area contributed by atoms with E-state index in [2.05, 4.69) is 15.3 Å². The molecule has 1 aromatic heterocycles. The van der Waals surface area contributed by atoms with E-state index in [1.165, 1.54) is 0 Å². The fraction of sp³-hybridized carbons (Fsp3) is 0.167. The lowest BCUT2D eigenvalue weighted by Gasteiger charge is -2.06. The Balaban J connectivity index is 1.96. The predicted molar refractivity (Wildman–Crippen MR) is 72.6 cm³/mol. The Morgan fingerprint density at radius 2 is 1.89 bits per heavy atom. The number of anilines is 1. The van der Waals surface area contributed by atoms with Crippen LogP contribution in [0.5, 0.6) is 0 Å². The summed E-state index contributed by atoms with van der Waals surface area (Å²) in [7, 11) is -3.48. The van der Waals surface area contributed by atoms with Gasteiger partial charge in [0.1, 0.15) is 0 Å². The predicted octanol–water partition coefficient (Wildman–Crippen LogP) is 0.877. The summed E-state index contributed by atoms with van der Waals surface area (Å²) in [6.07, 6.45) is 4.93. The Labute approximate surface area is 111 Å². The van der Waals surface area contributed by atoms with Crippen LogP contribution in [0.4, 0.5) is 5.69 Å². The zero-order valence-electron chi connectivity index (χ0n) is 10.2. The summed E-state index contributed by atoms with van der Waals surface area (Å²) in [6, 6.07) is 7.06. The molecule has 2 rings (SSSR count). The fourth-order valence-electron chi connectivity index (χ4n) is 1.57.